The predicted octanol–water partition coefficient (Wildman–Crippen LogP) is 1.24. The first-order valence-electron chi connectivity index (χ1n) is 5.38. The van der Waals surface area contributed by atoms with Gasteiger partial charge >= 0.3 is 0 Å². The van der Waals surface area contributed by atoms with Crippen LogP contribution in [0.1, 0.15) is 19.8 Å². The minimum absolute atomic E-state index is 0.0306. The summed E-state index contributed by atoms with van der Waals surface area (Å²) in [5, 5.41) is 6.54. The molecule has 1 aliphatic carbocycles. The maximum atomic E-state index is 11.1. The molecule has 1 saturated heterocycles. The van der Waals surface area contributed by atoms with Crippen LogP contribution in [-0.2, 0) is 4.79 Å². The lowest BCUT2D eigenvalue weighted by atomic mass is 9.82. The molecule has 5 heteroatoms. The van der Waals surface area contributed by atoms with Gasteiger partial charge < -0.3 is 10.6 Å². The van der Waals surface area contributed by atoms with Crippen molar-refractivity contribution in [3.63, 3.8) is 0 Å². The minimum Gasteiger partial charge on any atom is -0.352 e. The standard InChI is InChI=1S/C10H16BrClN2O/c1-5(15)14-8-4-13-7-3-2-6(11)10(12)9(7)8/h6-10,13H,2-4H2,1H3,(H,14,15). The third-order valence-corrected chi connectivity index (χ3v) is 5.31. The summed E-state index contributed by atoms with van der Waals surface area (Å²) in [5.74, 6) is 0.386. The van der Waals surface area contributed by atoms with Gasteiger partial charge in [0.15, 0.2) is 0 Å². The Bertz CT molecular complexity index is 264. The van der Waals surface area contributed by atoms with E-state index in [1.807, 2.05) is 0 Å². The summed E-state index contributed by atoms with van der Waals surface area (Å²) >= 11 is 10.0. The maximum absolute atomic E-state index is 11.1. The van der Waals surface area contributed by atoms with Crippen LogP contribution in [-0.4, -0.2) is 34.7 Å². The van der Waals surface area contributed by atoms with Crippen molar-refractivity contribution in [3.05, 3.63) is 0 Å². The second kappa shape index (κ2) is 4.60. The van der Waals surface area contributed by atoms with Gasteiger partial charge in [0.1, 0.15) is 0 Å². The highest BCUT2D eigenvalue weighted by molar-refractivity contribution is 9.09. The number of fused-ring (bicyclic) bond motifs is 1. The molecular formula is C10H16BrClN2O. The predicted molar refractivity (Wildman–Crippen MR) is 64.5 cm³/mol. The molecule has 0 spiro atoms. The van der Waals surface area contributed by atoms with Crippen LogP contribution in [0, 0.1) is 5.92 Å². The Morgan fingerprint density at radius 3 is 2.93 bits per heavy atom. The van der Waals surface area contributed by atoms with Crippen LogP contribution >= 0.6 is 27.5 Å². The quantitative estimate of drug-likeness (QED) is 0.715. The number of rotatable bonds is 1. The fraction of sp³-hybridized carbons (Fsp3) is 0.900. The summed E-state index contributed by atoms with van der Waals surface area (Å²) in [7, 11) is 0. The summed E-state index contributed by atoms with van der Waals surface area (Å²) in [5.41, 5.74) is 0. The molecule has 0 aromatic rings. The van der Waals surface area contributed by atoms with Gasteiger partial charge in [-0.3, -0.25) is 4.79 Å². The first kappa shape index (κ1) is 11.7. The van der Waals surface area contributed by atoms with E-state index in [4.69, 9.17) is 11.6 Å². The van der Waals surface area contributed by atoms with Gasteiger partial charge in [-0.25, -0.2) is 0 Å². The van der Waals surface area contributed by atoms with E-state index in [2.05, 4.69) is 26.6 Å². The molecule has 5 atom stereocenters. The molecule has 1 saturated carbocycles. The molecule has 0 bridgehead atoms. The number of hydrogen-bond acceptors (Lipinski definition) is 2. The zero-order chi connectivity index (χ0) is 11.0. The summed E-state index contributed by atoms with van der Waals surface area (Å²) < 4.78 is 0. The zero-order valence-corrected chi connectivity index (χ0v) is 11.0. The van der Waals surface area contributed by atoms with Crippen molar-refractivity contribution in [1.29, 1.82) is 0 Å². The number of carbonyl (C=O) groups is 1. The first-order chi connectivity index (χ1) is 7.09. The van der Waals surface area contributed by atoms with Crippen molar-refractivity contribution in [2.45, 2.75) is 42.1 Å². The van der Waals surface area contributed by atoms with Crippen LogP contribution in [0.4, 0.5) is 0 Å². The van der Waals surface area contributed by atoms with Crippen LogP contribution < -0.4 is 10.6 Å². The normalized spacial score (nSPS) is 44.9. The van der Waals surface area contributed by atoms with Gasteiger partial charge in [-0.15, -0.1) is 11.6 Å². The molecule has 1 amide bonds. The number of nitrogens with one attached hydrogen (secondary N) is 2. The van der Waals surface area contributed by atoms with E-state index in [9.17, 15) is 4.79 Å². The Labute approximate surface area is 103 Å². The molecule has 0 aromatic heterocycles. The molecule has 15 heavy (non-hydrogen) atoms. The molecule has 2 aliphatic rings. The smallest absolute Gasteiger partial charge is 0.217 e. The van der Waals surface area contributed by atoms with E-state index in [1.54, 1.807) is 6.92 Å². The molecule has 1 heterocycles. The third kappa shape index (κ3) is 2.32. The second-order valence-corrected chi connectivity index (χ2v) is 6.12. The Kier molecular flexibility index (Phi) is 3.58. The lowest BCUT2D eigenvalue weighted by Crippen LogP contribution is -2.48. The molecule has 86 valence electrons. The van der Waals surface area contributed by atoms with Gasteiger partial charge in [0.05, 0.1) is 5.38 Å². The molecular weight excluding hydrogens is 279 g/mol. The Hall–Kier alpha value is 0.200. The summed E-state index contributed by atoms with van der Waals surface area (Å²) in [6, 6.07) is 0.661. The lowest BCUT2D eigenvalue weighted by Gasteiger charge is -2.36. The first-order valence-corrected chi connectivity index (χ1v) is 6.73. The fourth-order valence-corrected chi connectivity index (χ4v) is 3.81. The monoisotopic (exact) mass is 294 g/mol. The van der Waals surface area contributed by atoms with Gasteiger partial charge in [0.2, 0.25) is 5.91 Å². The van der Waals surface area contributed by atoms with E-state index < -0.39 is 0 Å². The van der Waals surface area contributed by atoms with E-state index in [0.29, 0.717) is 16.8 Å². The topological polar surface area (TPSA) is 41.1 Å². The summed E-state index contributed by atoms with van der Waals surface area (Å²) in [4.78, 5) is 11.4. The maximum Gasteiger partial charge on any atom is 0.217 e. The van der Waals surface area contributed by atoms with E-state index >= 15 is 0 Å². The highest BCUT2D eigenvalue weighted by Gasteiger charge is 2.45. The van der Waals surface area contributed by atoms with Crippen LogP contribution in [0.5, 0.6) is 0 Å². The van der Waals surface area contributed by atoms with E-state index in [1.165, 1.54) is 0 Å². The SMILES string of the molecule is CC(=O)NC1CNC2CCC(Br)C(Cl)C21. The fourth-order valence-electron chi connectivity index (χ4n) is 2.72. The minimum atomic E-state index is 0.0306. The van der Waals surface area contributed by atoms with E-state index in [-0.39, 0.29) is 17.3 Å². The van der Waals surface area contributed by atoms with Crippen molar-refractivity contribution in [1.82, 2.24) is 10.6 Å². The Morgan fingerprint density at radius 2 is 2.27 bits per heavy atom. The van der Waals surface area contributed by atoms with Gasteiger partial charge in [-0.2, -0.15) is 0 Å². The van der Waals surface area contributed by atoms with Crippen molar-refractivity contribution < 1.29 is 4.79 Å². The Morgan fingerprint density at radius 1 is 1.53 bits per heavy atom. The van der Waals surface area contributed by atoms with Crippen LogP contribution in [0.15, 0.2) is 0 Å². The molecule has 1 aliphatic heterocycles. The van der Waals surface area contributed by atoms with E-state index in [0.717, 1.165) is 19.4 Å². The summed E-state index contributed by atoms with van der Waals surface area (Å²) in [6.45, 7) is 2.41. The van der Waals surface area contributed by atoms with Crippen molar-refractivity contribution in [3.8, 4) is 0 Å². The van der Waals surface area contributed by atoms with Gasteiger partial charge in [-0.1, -0.05) is 15.9 Å². The highest BCUT2D eigenvalue weighted by Crippen LogP contribution is 2.38. The molecule has 3 nitrogen and oxygen atoms in total. The number of carbonyl (C=O) groups excluding carboxylic acids is 1. The average Bonchev–Trinajstić information content (AvgIpc) is 2.55. The molecule has 5 unspecified atom stereocenters. The van der Waals surface area contributed by atoms with Gasteiger partial charge in [0, 0.05) is 36.3 Å². The number of amides is 1. The van der Waals surface area contributed by atoms with Crippen molar-refractivity contribution in [2.24, 2.45) is 5.92 Å². The molecule has 0 radical (unpaired) electrons. The van der Waals surface area contributed by atoms with Gasteiger partial charge in [-0.05, 0) is 12.8 Å². The molecule has 2 rings (SSSR count). The number of hydrogen-bond donors (Lipinski definition) is 2. The third-order valence-electron chi connectivity index (χ3n) is 3.38. The largest absolute Gasteiger partial charge is 0.352 e. The van der Waals surface area contributed by atoms with Crippen molar-refractivity contribution in [2.75, 3.05) is 6.54 Å². The molecule has 2 fully saturated rings. The molecule has 2 N–H and O–H groups in total. The average molecular weight is 296 g/mol. The van der Waals surface area contributed by atoms with Crippen LogP contribution in [0.2, 0.25) is 0 Å². The number of alkyl halides is 2. The summed E-state index contributed by atoms with van der Waals surface area (Å²) in [6.07, 6.45) is 2.25. The van der Waals surface area contributed by atoms with Crippen LogP contribution in [0.25, 0.3) is 0 Å². The zero-order valence-electron chi connectivity index (χ0n) is 8.67. The van der Waals surface area contributed by atoms with Crippen molar-refractivity contribution >= 4 is 33.4 Å². The number of halogens is 2. The molecule has 0 aromatic carbocycles. The lowest BCUT2D eigenvalue weighted by molar-refractivity contribution is -0.119. The highest BCUT2D eigenvalue weighted by atomic mass is 79.9. The Balaban J connectivity index is 2.06. The second-order valence-electron chi connectivity index (χ2n) is 4.44. The van der Waals surface area contributed by atoms with Gasteiger partial charge in [0.25, 0.3) is 0 Å². The van der Waals surface area contributed by atoms with Crippen LogP contribution in [0.3, 0.4) is 0 Å².